The lowest BCUT2D eigenvalue weighted by molar-refractivity contribution is -0.126. The predicted octanol–water partition coefficient (Wildman–Crippen LogP) is 4.72. The summed E-state index contributed by atoms with van der Waals surface area (Å²) >= 11 is 0. The first-order valence-corrected chi connectivity index (χ1v) is 10.2. The van der Waals surface area contributed by atoms with Crippen LogP contribution in [0.2, 0.25) is 0 Å². The fourth-order valence-corrected chi connectivity index (χ4v) is 3.74. The van der Waals surface area contributed by atoms with E-state index in [0.29, 0.717) is 5.56 Å². The Bertz CT molecular complexity index is 890. The molecule has 1 unspecified atom stereocenters. The molecule has 2 aromatic rings. The maximum absolute atomic E-state index is 12.8. The van der Waals surface area contributed by atoms with E-state index in [1.807, 2.05) is 23.1 Å². The number of hydrogen-bond acceptors (Lipinski definition) is 2. The summed E-state index contributed by atoms with van der Waals surface area (Å²) in [5.41, 5.74) is 4.13. The molecule has 0 bridgehead atoms. The number of nitrogens with zero attached hydrogens (tertiary/aromatic N) is 1. The smallest absolute Gasteiger partial charge is 0.251 e. The summed E-state index contributed by atoms with van der Waals surface area (Å²) in [6, 6.07) is 16.0. The molecule has 1 atom stereocenters. The van der Waals surface area contributed by atoms with Crippen LogP contribution in [0.25, 0.3) is 6.08 Å². The highest BCUT2D eigenvalue weighted by atomic mass is 16.2. The molecule has 29 heavy (non-hydrogen) atoms. The fourth-order valence-electron chi connectivity index (χ4n) is 3.74. The Morgan fingerprint density at radius 2 is 1.69 bits per heavy atom. The maximum Gasteiger partial charge on any atom is 0.251 e. The highest BCUT2D eigenvalue weighted by molar-refractivity contribution is 5.95. The van der Waals surface area contributed by atoms with Gasteiger partial charge >= 0.3 is 0 Å². The van der Waals surface area contributed by atoms with Crippen molar-refractivity contribution in [1.82, 2.24) is 10.2 Å². The molecule has 2 aromatic carbocycles. The second-order valence-corrected chi connectivity index (χ2v) is 8.60. The molecular formula is C25H30N2O2. The third-order valence-electron chi connectivity index (χ3n) is 5.52. The van der Waals surface area contributed by atoms with E-state index >= 15 is 0 Å². The fraction of sp³-hybridized carbons (Fsp3) is 0.360. The van der Waals surface area contributed by atoms with Gasteiger partial charge in [-0.25, -0.2) is 0 Å². The number of nitrogens with one attached hydrogen (secondary N) is 1. The van der Waals surface area contributed by atoms with Crippen molar-refractivity contribution in [2.75, 3.05) is 13.6 Å². The molecule has 0 radical (unpaired) electrons. The average molecular weight is 391 g/mol. The second-order valence-electron chi connectivity index (χ2n) is 8.60. The van der Waals surface area contributed by atoms with Gasteiger partial charge in [-0.3, -0.25) is 9.59 Å². The van der Waals surface area contributed by atoms with Crippen LogP contribution in [0.1, 0.15) is 66.7 Å². The summed E-state index contributed by atoms with van der Waals surface area (Å²) < 4.78 is 0. The Balaban J connectivity index is 1.70. The van der Waals surface area contributed by atoms with Gasteiger partial charge in [0.15, 0.2) is 0 Å². The summed E-state index contributed by atoms with van der Waals surface area (Å²) in [6.07, 6.45) is 5.46. The van der Waals surface area contributed by atoms with E-state index in [1.54, 1.807) is 25.3 Å². The van der Waals surface area contributed by atoms with E-state index in [1.165, 1.54) is 11.1 Å². The zero-order chi connectivity index (χ0) is 21.0. The molecule has 152 valence electrons. The zero-order valence-corrected chi connectivity index (χ0v) is 17.7. The summed E-state index contributed by atoms with van der Waals surface area (Å²) in [4.78, 5) is 26.4. The van der Waals surface area contributed by atoms with Gasteiger partial charge in [0.05, 0.1) is 6.04 Å². The molecular weight excluding hydrogens is 360 g/mol. The first-order valence-electron chi connectivity index (χ1n) is 10.2. The third kappa shape index (κ3) is 4.94. The molecule has 1 aliphatic heterocycles. The normalized spacial score (nSPS) is 17.0. The van der Waals surface area contributed by atoms with E-state index in [2.05, 4.69) is 50.4 Å². The minimum Gasteiger partial charge on any atom is -0.355 e. The minimum atomic E-state index is -0.117. The van der Waals surface area contributed by atoms with E-state index in [4.69, 9.17) is 0 Å². The van der Waals surface area contributed by atoms with Gasteiger partial charge in [-0.1, -0.05) is 57.2 Å². The van der Waals surface area contributed by atoms with Crippen molar-refractivity contribution in [3.8, 4) is 0 Å². The molecule has 4 heteroatoms. The van der Waals surface area contributed by atoms with Gasteiger partial charge in [0, 0.05) is 25.2 Å². The van der Waals surface area contributed by atoms with Gasteiger partial charge in [-0.05, 0) is 53.2 Å². The van der Waals surface area contributed by atoms with Gasteiger partial charge in [-0.15, -0.1) is 0 Å². The summed E-state index contributed by atoms with van der Waals surface area (Å²) in [5, 5.41) is 2.60. The largest absolute Gasteiger partial charge is 0.355 e. The standard InChI is InChI=1S/C25H30N2O2/c1-25(2,3)21-14-12-19(13-15-21)22-6-5-17-27(22)23(28)16-9-18-7-10-20(11-8-18)24(29)26-4/h7-16,22H,5-6,17H2,1-4H3,(H,26,29)/b16-9+. The van der Waals surface area contributed by atoms with Crippen molar-refractivity contribution in [3.63, 3.8) is 0 Å². The molecule has 0 aliphatic carbocycles. The van der Waals surface area contributed by atoms with E-state index in [-0.39, 0.29) is 23.3 Å². The average Bonchev–Trinajstić information content (AvgIpc) is 3.21. The molecule has 1 fully saturated rings. The summed E-state index contributed by atoms with van der Waals surface area (Å²) in [7, 11) is 1.61. The SMILES string of the molecule is CNC(=O)c1ccc(/C=C/C(=O)N2CCCC2c2ccc(C(C)(C)C)cc2)cc1. The molecule has 0 aromatic heterocycles. The highest BCUT2D eigenvalue weighted by Gasteiger charge is 2.29. The highest BCUT2D eigenvalue weighted by Crippen LogP contribution is 2.33. The van der Waals surface area contributed by atoms with Crippen molar-refractivity contribution in [2.24, 2.45) is 0 Å². The number of amides is 2. The molecule has 3 rings (SSSR count). The summed E-state index contributed by atoms with van der Waals surface area (Å²) in [5.74, 6) is -0.0863. The van der Waals surface area contributed by atoms with Crippen molar-refractivity contribution in [3.05, 3.63) is 76.9 Å². The molecule has 0 spiro atoms. The molecule has 1 N–H and O–H groups in total. The first kappa shape index (κ1) is 20.8. The number of rotatable bonds is 4. The number of carbonyl (C=O) groups excluding carboxylic acids is 2. The summed E-state index contributed by atoms with van der Waals surface area (Å²) in [6.45, 7) is 7.41. The van der Waals surface area contributed by atoms with Gasteiger partial charge in [-0.2, -0.15) is 0 Å². The van der Waals surface area contributed by atoms with Gasteiger partial charge < -0.3 is 10.2 Å². The monoisotopic (exact) mass is 390 g/mol. The molecule has 0 saturated carbocycles. The Hall–Kier alpha value is -2.88. The Morgan fingerprint density at radius 3 is 2.28 bits per heavy atom. The van der Waals surface area contributed by atoms with Crippen molar-refractivity contribution < 1.29 is 9.59 Å². The van der Waals surface area contributed by atoms with E-state index < -0.39 is 0 Å². The van der Waals surface area contributed by atoms with Crippen LogP contribution in [0, 0.1) is 0 Å². The lowest BCUT2D eigenvalue weighted by Gasteiger charge is -2.25. The lowest BCUT2D eigenvalue weighted by Crippen LogP contribution is -2.29. The lowest BCUT2D eigenvalue weighted by atomic mass is 9.86. The van der Waals surface area contributed by atoms with E-state index in [0.717, 1.165) is 24.9 Å². The van der Waals surface area contributed by atoms with Crippen LogP contribution in [0.15, 0.2) is 54.6 Å². The van der Waals surface area contributed by atoms with Crippen LogP contribution in [0.5, 0.6) is 0 Å². The Morgan fingerprint density at radius 1 is 1.03 bits per heavy atom. The van der Waals surface area contributed by atoms with Crippen LogP contribution in [0.4, 0.5) is 0 Å². The third-order valence-corrected chi connectivity index (χ3v) is 5.52. The molecule has 1 saturated heterocycles. The maximum atomic E-state index is 12.8. The number of hydrogen-bond donors (Lipinski definition) is 1. The molecule has 1 heterocycles. The second kappa shape index (κ2) is 8.64. The van der Waals surface area contributed by atoms with Crippen LogP contribution in [-0.2, 0) is 10.2 Å². The van der Waals surface area contributed by atoms with Crippen molar-refractivity contribution in [1.29, 1.82) is 0 Å². The molecule has 4 nitrogen and oxygen atoms in total. The first-order chi connectivity index (χ1) is 13.8. The number of benzene rings is 2. The molecule has 1 aliphatic rings. The van der Waals surface area contributed by atoms with Crippen LogP contribution in [0.3, 0.4) is 0 Å². The van der Waals surface area contributed by atoms with Crippen LogP contribution >= 0.6 is 0 Å². The minimum absolute atomic E-state index is 0.0303. The number of likely N-dealkylation sites (tertiary alicyclic amines) is 1. The van der Waals surface area contributed by atoms with Crippen molar-refractivity contribution in [2.45, 2.75) is 45.1 Å². The van der Waals surface area contributed by atoms with Gasteiger partial charge in [0.1, 0.15) is 0 Å². The Labute approximate surface area is 173 Å². The Kier molecular flexibility index (Phi) is 6.21. The van der Waals surface area contributed by atoms with Gasteiger partial charge in [0.25, 0.3) is 5.91 Å². The predicted molar refractivity (Wildman–Crippen MR) is 118 cm³/mol. The van der Waals surface area contributed by atoms with Crippen molar-refractivity contribution >= 4 is 17.9 Å². The topological polar surface area (TPSA) is 49.4 Å². The zero-order valence-electron chi connectivity index (χ0n) is 17.7. The van der Waals surface area contributed by atoms with Crippen LogP contribution < -0.4 is 5.32 Å². The van der Waals surface area contributed by atoms with E-state index in [9.17, 15) is 9.59 Å². The quantitative estimate of drug-likeness (QED) is 0.768. The number of carbonyl (C=O) groups is 2. The van der Waals surface area contributed by atoms with Crippen LogP contribution in [-0.4, -0.2) is 30.3 Å². The van der Waals surface area contributed by atoms with Gasteiger partial charge in [0.2, 0.25) is 5.91 Å². The molecule has 2 amide bonds.